The lowest BCUT2D eigenvalue weighted by Crippen LogP contribution is -2.30. The summed E-state index contributed by atoms with van der Waals surface area (Å²) in [6, 6.07) is 19.3. The lowest BCUT2D eigenvalue weighted by molar-refractivity contribution is -0.130. The van der Waals surface area contributed by atoms with E-state index in [-0.39, 0.29) is 12.1 Å². The maximum atomic E-state index is 13.9. The Morgan fingerprint density at radius 2 is 1.74 bits per heavy atom. The number of Topliss-reactive ketones (excluding diaryl/α,β-unsaturated/α-hetero) is 1. The number of nitrogens with zero attached hydrogens (tertiary/aromatic N) is 3. The van der Waals surface area contributed by atoms with Gasteiger partial charge in [-0.15, -0.1) is 11.3 Å². The van der Waals surface area contributed by atoms with Crippen molar-refractivity contribution in [2.24, 2.45) is 0 Å². The predicted molar refractivity (Wildman–Crippen MR) is 135 cm³/mol. The van der Waals surface area contributed by atoms with E-state index in [1.54, 1.807) is 55.7 Å². The molecule has 0 saturated heterocycles. The number of rotatable bonds is 6. The standard InChI is InChI=1S/C27H20ClN3O3S/c1-16-25(35-26(30-16)19-5-3-2-4-6-19)23(32)21-22(18-7-9-20(28)10-8-18)31(27(34)24(21)33)15-17-11-13-29-14-12-17/h2-14,22,33H,15H2,1H3. The predicted octanol–water partition coefficient (Wildman–Crippen LogP) is 5.95. The van der Waals surface area contributed by atoms with Gasteiger partial charge in [-0.1, -0.05) is 54.1 Å². The van der Waals surface area contributed by atoms with Gasteiger partial charge >= 0.3 is 0 Å². The molecule has 1 aliphatic heterocycles. The number of amides is 1. The maximum absolute atomic E-state index is 13.9. The van der Waals surface area contributed by atoms with Crippen LogP contribution in [0.25, 0.3) is 10.6 Å². The van der Waals surface area contributed by atoms with Crippen LogP contribution < -0.4 is 0 Å². The molecule has 2 aromatic carbocycles. The van der Waals surface area contributed by atoms with Crippen molar-refractivity contribution in [1.29, 1.82) is 0 Å². The molecule has 8 heteroatoms. The highest BCUT2D eigenvalue weighted by Gasteiger charge is 2.44. The van der Waals surface area contributed by atoms with Gasteiger partial charge in [0.2, 0.25) is 5.78 Å². The number of halogens is 1. The summed E-state index contributed by atoms with van der Waals surface area (Å²) in [4.78, 5) is 37.6. The zero-order valence-corrected chi connectivity index (χ0v) is 20.3. The summed E-state index contributed by atoms with van der Waals surface area (Å²) in [6.45, 7) is 1.96. The molecule has 6 nitrogen and oxygen atoms in total. The lowest BCUT2D eigenvalue weighted by atomic mass is 9.95. The molecule has 0 fully saturated rings. The molecular formula is C27H20ClN3O3S. The Bertz CT molecular complexity index is 1430. The molecule has 0 radical (unpaired) electrons. The van der Waals surface area contributed by atoms with Crippen molar-refractivity contribution in [1.82, 2.24) is 14.9 Å². The molecule has 35 heavy (non-hydrogen) atoms. The van der Waals surface area contributed by atoms with Gasteiger partial charge in [0.1, 0.15) is 5.01 Å². The van der Waals surface area contributed by atoms with Crippen LogP contribution in [0.1, 0.15) is 32.5 Å². The lowest BCUT2D eigenvalue weighted by Gasteiger charge is -2.27. The smallest absolute Gasteiger partial charge is 0.290 e. The van der Waals surface area contributed by atoms with Crippen LogP contribution in [0.4, 0.5) is 0 Å². The molecule has 1 aliphatic rings. The molecule has 5 rings (SSSR count). The number of hydrogen-bond acceptors (Lipinski definition) is 6. The number of ketones is 1. The number of carbonyl (C=O) groups excluding carboxylic acids is 2. The van der Waals surface area contributed by atoms with Gasteiger partial charge in [0.05, 0.1) is 22.2 Å². The summed E-state index contributed by atoms with van der Waals surface area (Å²) >= 11 is 7.35. The van der Waals surface area contributed by atoms with E-state index in [0.717, 1.165) is 11.1 Å². The number of aryl methyl sites for hydroxylation is 1. The zero-order chi connectivity index (χ0) is 24.5. The van der Waals surface area contributed by atoms with Crippen molar-refractivity contribution >= 4 is 34.6 Å². The Balaban J connectivity index is 1.58. The van der Waals surface area contributed by atoms with Crippen molar-refractivity contribution in [3.8, 4) is 10.6 Å². The summed E-state index contributed by atoms with van der Waals surface area (Å²) < 4.78 is 0. The average molecular weight is 502 g/mol. The molecule has 0 aliphatic carbocycles. The van der Waals surface area contributed by atoms with Crippen LogP contribution in [0.15, 0.2) is 90.5 Å². The third kappa shape index (κ3) is 4.36. The first-order valence-corrected chi connectivity index (χ1v) is 12.1. The molecule has 2 aromatic heterocycles. The number of benzene rings is 2. The van der Waals surface area contributed by atoms with Crippen LogP contribution in [0.2, 0.25) is 5.02 Å². The second kappa shape index (κ2) is 9.44. The number of thiazole rings is 1. The highest BCUT2D eigenvalue weighted by molar-refractivity contribution is 7.17. The number of aliphatic hydroxyl groups excluding tert-OH is 1. The minimum Gasteiger partial charge on any atom is -0.503 e. The van der Waals surface area contributed by atoms with Crippen molar-refractivity contribution in [2.45, 2.75) is 19.5 Å². The topological polar surface area (TPSA) is 83.4 Å². The van der Waals surface area contributed by atoms with E-state index in [0.29, 0.717) is 26.2 Å². The number of aliphatic hydroxyl groups is 1. The Morgan fingerprint density at radius 1 is 1.06 bits per heavy atom. The fourth-order valence-corrected chi connectivity index (χ4v) is 5.31. The van der Waals surface area contributed by atoms with E-state index in [9.17, 15) is 14.7 Å². The molecule has 1 atom stereocenters. The monoisotopic (exact) mass is 501 g/mol. The molecule has 0 bridgehead atoms. The maximum Gasteiger partial charge on any atom is 0.290 e. The third-order valence-electron chi connectivity index (χ3n) is 5.86. The van der Waals surface area contributed by atoms with Crippen molar-refractivity contribution in [3.63, 3.8) is 0 Å². The number of pyridine rings is 1. The van der Waals surface area contributed by atoms with Crippen molar-refractivity contribution < 1.29 is 14.7 Å². The zero-order valence-electron chi connectivity index (χ0n) is 18.7. The Kier molecular flexibility index (Phi) is 6.19. The van der Waals surface area contributed by atoms with Crippen LogP contribution in [-0.4, -0.2) is 31.7 Å². The van der Waals surface area contributed by atoms with Gasteiger partial charge in [-0.05, 0) is 42.3 Å². The summed E-state index contributed by atoms with van der Waals surface area (Å²) in [6.07, 6.45) is 3.27. The summed E-state index contributed by atoms with van der Waals surface area (Å²) in [5.74, 6) is -1.56. The highest BCUT2D eigenvalue weighted by atomic mass is 35.5. The first-order chi connectivity index (χ1) is 16.9. The van der Waals surface area contributed by atoms with Crippen LogP contribution in [0.5, 0.6) is 0 Å². The highest BCUT2D eigenvalue weighted by Crippen LogP contribution is 2.42. The van der Waals surface area contributed by atoms with Gasteiger partial charge in [-0.25, -0.2) is 4.98 Å². The van der Waals surface area contributed by atoms with E-state index in [2.05, 4.69) is 9.97 Å². The van der Waals surface area contributed by atoms with E-state index in [4.69, 9.17) is 11.6 Å². The molecule has 4 aromatic rings. The fourth-order valence-electron chi connectivity index (χ4n) is 4.16. The summed E-state index contributed by atoms with van der Waals surface area (Å²) in [5.41, 5.74) is 2.99. The van der Waals surface area contributed by atoms with Crippen LogP contribution in [0, 0.1) is 6.92 Å². The number of aromatic nitrogens is 2. The average Bonchev–Trinajstić information content (AvgIpc) is 3.38. The first kappa shape index (κ1) is 23.0. The van der Waals surface area contributed by atoms with E-state index in [1.807, 2.05) is 30.3 Å². The largest absolute Gasteiger partial charge is 0.503 e. The first-order valence-electron chi connectivity index (χ1n) is 10.9. The molecule has 0 spiro atoms. The van der Waals surface area contributed by atoms with E-state index >= 15 is 0 Å². The van der Waals surface area contributed by atoms with Crippen molar-refractivity contribution in [2.75, 3.05) is 0 Å². The SMILES string of the molecule is Cc1nc(-c2ccccc2)sc1C(=O)C1=C(O)C(=O)N(Cc2ccncc2)C1c1ccc(Cl)cc1. The molecule has 174 valence electrons. The molecule has 1 unspecified atom stereocenters. The summed E-state index contributed by atoms with van der Waals surface area (Å²) in [7, 11) is 0. The van der Waals surface area contributed by atoms with Gasteiger partial charge in [0.25, 0.3) is 5.91 Å². The van der Waals surface area contributed by atoms with Crippen LogP contribution in [-0.2, 0) is 11.3 Å². The second-order valence-corrected chi connectivity index (χ2v) is 9.57. The Hall–Kier alpha value is -3.81. The van der Waals surface area contributed by atoms with Crippen LogP contribution >= 0.6 is 22.9 Å². The van der Waals surface area contributed by atoms with Crippen LogP contribution in [0.3, 0.4) is 0 Å². The molecule has 1 amide bonds. The second-order valence-electron chi connectivity index (χ2n) is 8.13. The summed E-state index contributed by atoms with van der Waals surface area (Å²) in [5, 5.41) is 12.2. The molecule has 0 saturated carbocycles. The van der Waals surface area contributed by atoms with E-state index in [1.165, 1.54) is 16.2 Å². The van der Waals surface area contributed by atoms with Gasteiger partial charge in [-0.3, -0.25) is 14.6 Å². The number of carbonyl (C=O) groups is 2. The normalized spacial score (nSPS) is 15.7. The minimum atomic E-state index is -0.776. The molecule has 3 heterocycles. The van der Waals surface area contributed by atoms with Crippen molar-refractivity contribution in [3.05, 3.63) is 117 Å². The van der Waals surface area contributed by atoms with Gasteiger partial charge < -0.3 is 10.0 Å². The Morgan fingerprint density at radius 3 is 2.43 bits per heavy atom. The molecule has 1 N–H and O–H groups in total. The van der Waals surface area contributed by atoms with E-state index < -0.39 is 23.5 Å². The van der Waals surface area contributed by atoms with Gasteiger partial charge in [0, 0.05) is 29.5 Å². The minimum absolute atomic E-state index is 0.0396. The molecular weight excluding hydrogens is 482 g/mol. The Labute approximate surface area is 211 Å². The quantitative estimate of drug-likeness (QED) is 0.330. The van der Waals surface area contributed by atoms with Gasteiger partial charge in [-0.2, -0.15) is 0 Å². The third-order valence-corrected chi connectivity index (χ3v) is 7.32. The van der Waals surface area contributed by atoms with Gasteiger partial charge in [0.15, 0.2) is 5.76 Å². The number of hydrogen-bond donors (Lipinski definition) is 1. The fraction of sp³-hybridized carbons (Fsp3) is 0.111.